The topological polar surface area (TPSA) is 69.1 Å². The monoisotopic (exact) mass is 188 g/mol. The van der Waals surface area contributed by atoms with E-state index in [4.69, 9.17) is 10.2 Å². The van der Waals surface area contributed by atoms with Crippen molar-refractivity contribution in [3.8, 4) is 0 Å². The first-order chi connectivity index (χ1) is 6.79. The van der Waals surface area contributed by atoms with Gasteiger partial charge in [-0.25, -0.2) is 4.98 Å². The maximum Gasteiger partial charge on any atom is 0.231 e. The molecule has 2 aromatic heterocycles. The van der Waals surface area contributed by atoms with Crippen molar-refractivity contribution in [2.24, 2.45) is 0 Å². The predicted octanol–water partition coefficient (Wildman–Crippen LogP) is 1.49. The second-order valence-corrected chi connectivity index (χ2v) is 2.74. The van der Waals surface area contributed by atoms with Crippen LogP contribution >= 0.6 is 0 Å². The minimum absolute atomic E-state index is 0.217. The lowest BCUT2D eigenvalue weighted by Crippen LogP contribution is -2.05. The van der Waals surface area contributed by atoms with Crippen molar-refractivity contribution in [3.05, 3.63) is 48.0 Å². The number of nitrogen functional groups attached to an aromatic ring is 1. The highest BCUT2D eigenvalue weighted by molar-refractivity contribution is 6.09. The van der Waals surface area contributed by atoms with E-state index in [1.165, 1.54) is 12.5 Å². The average Bonchev–Trinajstić information content (AvgIpc) is 2.70. The number of rotatable bonds is 2. The van der Waals surface area contributed by atoms with Crippen LogP contribution in [-0.2, 0) is 0 Å². The molecule has 0 unspecified atom stereocenters. The van der Waals surface area contributed by atoms with Gasteiger partial charge in [0, 0.05) is 6.20 Å². The maximum atomic E-state index is 11.7. The molecule has 70 valence electrons. The molecule has 2 rings (SSSR count). The Labute approximate surface area is 80.4 Å². The summed E-state index contributed by atoms with van der Waals surface area (Å²) in [5, 5.41) is 0. The smallest absolute Gasteiger partial charge is 0.231 e. The molecule has 4 heteroatoms. The summed E-state index contributed by atoms with van der Waals surface area (Å²) < 4.78 is 4.97. The second-order valence-electron chi connectivity index (χ2n) is 2.74. The number of furan rings is 1. The van der Waals surface area contributed by atoms with Gasteiger partial charge in [0.1, 0.15) is 5.82 Å². The number of ketones is 1. The van der Waals surface area contributed by atoms with Crippen molar-refractivity contribution in [2.45, 2.75) is 0 Å². The maximum absolute atomic E-state index is 11.7. The number of carbonyl (C=O) groups excluding carboxylic acids is 1. The fourth-order valence-corrected chi connectivity index (χ4v) is 1.15. The average molecular weight is 188 g/mol. The molecular formula is C10H8N2O2. The van der Waals surface area contributed by atoms with Crippen molar-refractivity contribution in [1.82, 2.24) is 4.98 Å². The first-order valence-electron chi connectivity index (χ1n) is 4.08. The zero-order chi connectivity index (χ0) is 9.97. The summed E-state index contributed by atoms with van der Waals surface area (Å²) in [5.41, 5.74) is 5.92. The van der Waals surface area contributed by atoms with E-state index in [1.807, 2.05) is 0 Å². The summed E-state index contributed by atoms with van der Waals surface area (Å²) in [4.78, 5) is 15.5. The number of nitrogens with two attached hydrogens (primary N) is 1. The minimum Gasteiger partial charge on any atom is -0.461 e. The number of aromatic nitrogens is 1. The molecule has 0 aliphatic heterocycles. The Balaban J connectivity index is 2.42. The molecule has 0 bridgehead atoms. The molecule has 0 aliphatic carbocycles. The first kappa shape index (κ1) is 8.50. The van der Waals surface area contributed by atoms with Gasteiger partial charge in [-0.3, -0.25) is 4.79 Å². The molecule has 14 heavy (non-hydrogen) atoms. The molecule has 0 aliphatic rings. The van der Waals surface area contributed by atoms with Crippen LogP contribution < -0.4 is 5.73 Å². The number of hydrogen-bond donors (Lipinski definition) is 1. The molecule has 2 heterocycles. The quantitative estimate of drug-likeness (QED) is 0.725. The lowest BCUT2D eigenvalue weighted by Gasteiger charge is -1.99. The van der Waals surface area contributed by atoms with Gasteiger partial charge >= 0.3 is 0 Å². The third-order valence-corrected chi connectivity index (χ3v) is 1.83. The predicted molar refractivity (Wildman–Crippen MR) is 50.8 cm³/mol. The van der Waals surface area contributed by atoms with Crippen LogP contribution in [0.15, 0.2) is 41.1 Å². The van der Waals surface area contributed by atoms with Crippen LogP contribution in [0.3, 0.4) is 0 Å². The van der Waals surface area contributed by atoms with Crippen LogP contribution in [0, 0.1) is 0 Å². The fraction of sp³-hybridized carbons (Fsp3) is 0. The summed E-state index contributed by atoms with van der Waals surface area (Å²) >= 11 is 0. The molecule has 0 saturated heterocycles. The van der Waals surface area contributed by atoms with Crippen molar-refractivity contribution in [3.63, 3.8) is 0 Å². The number of hydrogen-bond acceptors (Lipinski definition) is 4. The molecule has 4 nitrogen and oxygen atoms in total. The summed E-state index contributed by atoms with van der Waals surface area (Å²) in [6.07, 6.45) is 2.98. The SMILES string of the molecule is Nc1ncccc1C(=O)c1ccco1. The Morgan fingerprint density at radius 1 is 1.36 bits per heavy atom. The number of pyridine rings is 1. The lowest BCUT2D eigenvalue weighted by molar-refractivity contribution is 0.101. The van der Waals surface area contributed by atoms with Gasteiger partial charge in [-0.05, 0) is 24.3 Å². The Bertz CT molecular complexity index is 449. The minimum atomic E-state index is -0.249. The van der Waals surface area contributed by atoms with E-state index in [1.54, 1.807) is 24.3 Å². The van der Waals surface area contributed by atoms with E-state index in [0.29, 0.717) is 5.56 Å². The molecule has 0 amide bonds. The number of nitrogens with zero attached hydrogens (tertiary/aromatic N) is 1. The highest BCUT2D eigenvalue weighted by Gasteiger charge is 2.14. The van der Waals surface area contributed by atoms with Crippen molar-refractivity contribution < 1.29 is 9.21 Å². The molecular weight excluding hydrogens is 180 g/mol. The summed E-state index contributed by atoms with van der Waals surface area (Å²) in [7, 11) is 0. The molecule has 2 N–H and O–H groups in total. The van der Waals surface area contributed by atoms with Gasteiger partial charge in [-0.1, -0.05) is 0 Å². The van der Waals surface area contributed by atoms with Gasteiger partial charge in [0.25, 0.3) is 0 Å². The fourth-order valence-electron chi connectivity index (χ4n) is 1.15. The Morgan fingerprint density at radius 3 is 2.86 bits per heavy atom. The Hall–Kier alpha value is -2.10. The highest BCUT2D eigenvalue weighted by Crippen LogP contribution is 2.13. The summed E-state index contributed by atoms with van der Waals surface area (Å²) in [6.45, 7) is 0. The molecule has 0 saturated carbocycles. The standard InChI is InChI=1S/C10H8N2O2/c11-10-7(3-1-5-12-10)9(13)8-4-2-6-14-8/h1-6H,(H2,11,12). The highest BCUT2D eigenvalue weighted by atomic mass is 16.3. The van der Waals surface area contributed by atoms with E-state index >= 15 is 0 Å². The van der Waals surface area contributed by atoms with E-state index in [-0.39, 0.29) is 17.4 Å². The van der Waals surface area contributed by atoms with E-state index < -0.39 is 0 Å². The zero-order valence-corrected chi connectivity index (χ0v) is 7.31. The molecule has 0 spiro atoms. The number of anilines is 1. The van der Waals surface area contributed by atoms with Crippen LogP contribution in [0.4, 0.5) is 5.82 Å². The Morgan fingerprint density at radius 2 is 2.21 bits per heavy atom. The van der Waals surface area contributed by atoms with Crippen molar-refractivity contribution in [2.75, 3.05) is 5.73 Å². The van der Waals surface area contributed by atoms with Gasteiger partial charge < -0.3 is 10.2 Å². The lowest BCUT2D eigenvalue weighted by atomic mass is 10.1. The van der Waals surface area contributed by atoms with E-state index in [0.717, 1.165) is 0 Å². The first-order valence-corrected chi connectivity index (χ1v) is 4.08. The molecule has 0 radical (unpaired) electrons. The Kier molecular flexibility index (Phi) is 2.02. The zero-order valence-electron chi connectivity index (χ0n) is 7.31. The van der Waals surface area contributed by atoms with Crippen LogP contribution in [0.25, 0.3) is 0 Å². The third-order valence-electron chi connectivity index (χ3n) is 1.83. The number of carbonyl (C=O) groups is 1. The second kappa shape index (κ2) is 3.33. The van der Waals surface area contributed by atoms with E-state index in [9.17, 15) is 4.79 Å². The van der Waals surface area contributed by atoms with Crippen LogP contribution in [0.5, 0.6) is 0 Å². The van der Waals surface area contributed by atoms with Gasteiger partial charge in [0.15, 0.2) is 5.76 Å². The summed E-state index contributed by atoms with van der Waals surface area (Å²) in [6, 6.07) is 6.52. The largest absolute Gasteiger partial charge is 0.461 e. The third kappa shape index (κ3) is 1.37. The molecule has 0 atom stereocenters. The van der Waals surface area contributed by atoms with Crippen molar-refractivity contribution >= 4 is 11.6 Å². The van der Waals surface area contributed by atoms with Crippen molar-refractivity contribution in [1.29, 1.82) is 0 Å². The summed E-state index contributed by atoms with van der Waals surface area (Å²) in [5.74, 6) is 0.235. The molecule has 0 aromatic carbocycles. The molecule has 0 fully saturated rings. The normalized spacial score (nSPS) is 10.0. The van der Waals surface area contributed by atoms with Crippen LogP contribution in [0.1, 0.15) is 16.1 Å². The van der Waals surface area contributed by atoms with Crippen LogP contribution in [0.2, 0.25) is 0 Å². The van der Waals surface area contributed by atoms with Gasteiger partial charge in [-0.2, -0.15) is 0 Å². The molecule has 2 aromatic rings. The van der Waals surface area contributed by atoms with Gasteiger partial charge in [0.2, 0.25) is 5.78 Å². The van der Waals surface area contributed by atoms with Crippen LogP contribution in [-0.4, -0.2) is 10.8 Å². The van der Waals surface area contributed by atoms with E-state index in [2.05, 4.69) is 4.98 Å². The van der Waals surface area contributed by atoms with Gasteiger partial charge in [-0.15, -0.1) is 0 Å². The van der Waals surface area contributed by atoms with Gasteiger partial charge in [0.05, 0.1) is 11.8 Å².